The Labute approximate surface area is 119 Å². The molecule has 1 rings (SSSR count). The van der Waals surface area contributed by atoms with Crippen molar-refractivity contribution in [3.05, 3.63) is 24.3 Å². The van der Waals surface area contributed by atoms with Crippen molar-refractivity contribution >= 4 is 23.2 Å². The molecule has 0 atom stereocenters. The standard InChI is InChI=1S/C14H20ClNO3/c1-2-18-10-11-19-13-7-5-12(6-8-13)16-14(17)4-3-9-15/h5-8H,2-4,9-11H2,1H3,(H,16,17). The second kappa shape index (κ2) is 9.64. The summed E-state index contributed by atoms with van der Waals surface area (Å²) in [7, 11) is 0. The van der Waals surface area contributed by atoms with Gasteiger partial charge >= 0.3 is 0 Å². The van der Waals surface area contributed by atoms with Crippen molar-refractivity contribution in [2.75, 3.05) is 31.0 Å². The van der Waals surface area contributed by atoms with Crippen LogP contribution in [0.2, 0.25) is 0 Å². The number of nitrogens with one attached hydrogen (secondary N) is 1. The number of halogens is 1. The predicted octanol–water partition coefficient (Wildman–Crippen LogP) is 3.06. The van der Waals surface area contributed by atoms with Crippen molar-refractivity contribution in [2.45, 2.75) is 19.8 Å². The molecular weight excluding hydrogens is 266 g/mol. The van der Waals surface area contributed by atoms with Gasteiger partial charge in [-0.3, -0.25) is 4.79 Å². The lowest BCUT2D eigenvalue weighted by molar-refractivity contribution is -0.116. The minimum Gasteiger partial charge on any atom is -0.491 e. The molecule has 0 unspecified atom stereocenters. The Morgan fingerprint density at radius 2 is 2.00 bits per heavy atom. The molecule has 19 heavy (non-hydrogen) atoms. The molecule has 0 radical (unpaired) electrons. The first-order chi connectivity index (χ1) is 9.26. The fourth-order valence-corrected chi connectivity index (χ4v) is 1.58. The third kappa shape index (κ3) is 7.03. The highest BCUT2D eigenvalue weighted by Crippen LogP contribution is 2.16. The van der Waals surface area contributed by atoms with Crippen molar-refractivity contribution in [1.82, 2.24) is 0 Å². The van der Waals surface area contributed by atoms with E-state index in [0.717, 1.165) is 11.4 Å². The fourth-order valence-electron chi connectivity index (χ4n) is 1.45. The molecular formula is C14H20ClNO3. The van der Waals surface area contributed by atoms with Crippen molar-refractivity contribution < 1.29 is 14.3 Å². The average molecular weight is 286 g/mol. The molecule has 1 N–H and O–H groups in total. The second-order valence-electron chi connectivity index (χ2n) is 3.91. The van der Waals surface area contributed by atoms with Crippen molar-refractivity contribution in [1.29, 1.82) is 0 Å². The van der Waals surface area contributed by atoms with Crippen LogP contribution >= 0.6 is 11.6 Å². The Morgan fingerprint density at radius 1 is 1.26 bits per heavy atom. The van der Waals surface area contributed by atoms with Crippen LogP contribution < -0.4 is 10.1 Å². The largest absolute Gasteiger partial charge is 0.491 e. The van der Waals surface area contributed by atoms with Crippen LogP contribution in [0.4, 0.5) is 5.69 Å². The SMILES string of the molecule is CCOCCOc1ccc(NC(=O)CCCCl)cc1. The second-order valence-corrected chi connectivity index (χ2v) is 4.29. The van der Waals surface area contributed by atoms with Crippen molar-refractivity contribution in [3.8, 4) is 5.75 Å². The van der Waals surface area contributed by atoms with E-state index in [0.29, 0.717) is 38.5 Å². The van der Waals surface area contributed by atoms with Gasteiger partial charge in [0.2, 0.25) is 5.91 Å². The molecule has 0 saturated carbocycles. The summed E-state index contributed by atoms with van der Waals surface area (Å²) in [4.78, 5) is 11.5. The van der Waals surface area contributed by atoms with E-state index in [9.17, 15) is 4.79 Å². The number of ether oxygens (including phenoxy) is 2. The number of hydrogen-bond acceptors (Lipinski definition) is 3. The number of amides is 1. The molecule has 5 heteroatoms. The molecule has 0 aliphatic rings. The Balaban J connectivity index is 2.32. The monoisotopic (exact) mass is 285 g/mol. The molecule has 1 aromatic carbocycles. The molecule has 1 amide bonds. The lowest BCUT2D eigenvalue weighted by Gasteiger charge is -2.08. The normalized spacial score (nSPS) is 10.2. The number of carbonyl (C=O) groups is 1. The molecule has 0 aromatic heterocycles. The first-order valence-electron chi connectivity index (χ1n) is 6.42. The van der Waals surface area contributed by atoms with E-state index in [2.05, 4.69) is 5.32 Å². The molecule has 4 nitrogen and oxygen atoms in total. The summed E-state index contributed by atoms with van der Waals surface area (Å²) < 4.78 is 10.7. The first-order valence-corrected chi connectivity index (χ1v) is 6.96. The number of anilines is 1. The summed E-state index contributed by atoms with van der Waals surface area (Å²) >= 11 is 5.53. The summed E-state index contributed by atoms with van der Waals surface area (Å²) in [5.41, 5.74) is 0.761. The topological polar surface area (TPSA) is 47.6 Å². The molecule has 0 bridgehead atoms. The lowest BCUT2D eigenvalue weighted by Crippen LogP contribution is -2.11. The van der Waals surface area contributed by atoms with Crippen LogP contribution in [0.1, 0.15) is 19.8 Å². The number of hydrogen-bond donors (Lipinski definition) is 1. The zero-order valence-electron chi connectivity index (χ0n) is 11.2. The van der Waals surface area contributed by atoms with Crippen LogP contribution in [0.15, 0.2) is 24.3 Å². The smallest absolute Gasteiger partial charge is 0.224 e. The number of alkyl halides is 1. The Hall–Kier alpha value is -1.26. The van der Waals surface area contributed by atoms with Gasteiger partial charge < -0.3 is 14.8 Å². The van der Waals surface area contributed by atoms with E-state index < -0.39 is 0 Å². The number of carbonyl (C=O) groups excluding carboxylic acids is 1. The summed E-state index contributed by atoms with van der Waals surface area (Å²) in [6.45, 7) is 3.74. The minimum absolute atomic E-state index is 0.0225. The summed E-state index contributed by atoms with van der Waals surface area (Å²) in [5, 5.41) is 2.80. The third-order valence-corrected chi connectivity index (χ3v) is 2.64. The Bertz CT molecular complexity index is 367. The molecule has 0 aliphatic carbocycles. The van der Waals surface area contributed by atoms with Crippen LogP contribution in [-0.2, 0) is 9.53 Å². The Kier molecular flexibility index (Phi) is 8.02. The third-order valence-electron chi connectivity index (χ3n) is 2.38. The van der Waals surface area contributed by atoms with E-state index in [-0.39, 0.29) is 5.91 Å². The number of benzene rings is 1. The Morgan fingerprint density at radius 3 is 2.63 bits per heavy atom. The highest BCUT2D eigenvalue weighted by molar-refractivity contribution is 6.18. The highest BCUT2D eigenvalue weighted by Gasteiger charge is 2.02. The molecule has 1 aromatic rings. The van der Waals surface area contributed by atoms with Crippen molar-refractivity contribution in [2.24, 2.45) is 0 Å². The van der Waals surface area contributed by atoms with Gasteiger partial charge in [-0.25, -0.2) is 0 Å². The predicted molar refractivity (Wildman–Crippen MR) is 77.0 cm³/mol. The summed E-state index contributed by atoms with van der Waals surface area (Å²) in [6, 6.07) is 7.27. The van der Waals surface area contributed by atoms with Gasteiger partial charge in [0.1, 0.15) is 12.4 Å². The quantitative estimate of drug-likeness (QED) is 0.560. The van der Waals surface area contributed by atoms with Gasteiger partial charge in [-0.2, -0.15) is 0 Å². The van der Waals surface area contributed by atoms with Crippen LogP contribution in [0.3, 0.4) is 0 Å². The molecule has 0 aliphatic heterocycles. The summed E-state index contributed by atoms with van der Waals surface area (Å²) in [5.74, 6) is 1.24. The average Bonchev–Trinajstić information content (AvgIpc) is 2.43. The molecule has 0 heterocycles. The maximum absolute atomic E-state index is 11.5. The zero-order chi connectivity index (χ0) is 13.9. The minimum atomic E-state index is -0.0225. The maximum atomic E-state index is 11.5. The first kappa shape index (κ1) is 15.8. The lowest BCUT2D eigenvalue weighted by atomic mass is 10.2. The fraction of sp³-hybridized carbons (Fsp3) is 0.500. The molecule has 0 fully saturated rings. The van der Waals surface area contributed by atoms with E-state index in [4.69, 9.17) is 21.1 Å². The van der Waals surface area contributed by atoms with E-state index in [1.165, 1.54) is 0 Å². The van der Waals surface area contributed by atoms with Crippen molar-refractivity contribution in [3.63, 3.8) is 0 Å². The van der Waals surface area contributed by atoms with Crippen LogP contribution in [0, 0.1) is 0 Å². The molecule has 0 saturated heterocycles. The number of rotatable bonds is 9. The van der Waals surface area contributed by atoms with Gasteiger partial charge in [-0.1, -0.05) is 0 Å². The van der Waals surface area contributed by atoms with Gasteiger partial charge in [0.25, 0.3) is 0 Å². The maximum Gasteiger partial charge on any atom is 0.224 e. The van der Waals surface area contributed by atoms with E-state index in [1.54, 1.807) is 0 Å². The van der Waals surface area contributed by atoms with Crippen LogP contribution in [0.5, 0.6) is 5.75 Å². The van der Waals surface area contributed by atoms with Gasteiger partial charge in [-0.05, 0) is 37.6 Å². The van der Waals surface area contributed by atoms with Crippen LogP contribution in [0.25, 0.3) is 0 Å². The molecule has 106 valence electrons. The summed E-state index contributed by atoms with van der Waals surface area (Å²) in [6.07, 6.45) is 1.13. The van der Waals surface area contributed by atoms with Gasteiger partial charge in [0.15, 0.2) is 0 Å². The van der Waals surface area contributed by atoms with Gasteiger partial charge in [0.05, 0.1) is 6.61 Å². The van der Waals surface area contributed by atoms with Gasteiger partial charge in [-0.15, -0.1) is 11.6 Å². The van der Waals surface area contributed by atoms with E-state index in [1.807, 2.05) is 31.2 Å². The van der Waals surface area contributed by atoms with Gasteiger partial charge in [0, 0.05) is 24.6 Å². The zero-order valence-corrected chi connectivity index (χ0v) is 11.9. The molecule has 0 spiro atoms. The van der Waals surface area contributed by atoms with Crippen LogP contribution in [-0.4, -0.2) is 31.6 Å². The highest BCUT2D eigenvalue weighted by atomic mass is 35.5. The van der Waals surface area contributed by atoms with E-state index >= 15 is 0 Å².